The smallest absolute Gasteiger partial charge is 0.288 e. The Hall–Kier alpha value is -2.53. The van der Waals surface area contributed by atoms with Gasteiger partial charge in [0.15, 0.2) is 0 Å². The van der Waals surface area contributed by atoms with E-state index in [1.165, 1.54) is 12.1 Å². The van der Waals surface area contributed by atoms with Crippen molar-refractivity contribution < 1.29 is 14.0 Å². The van der Waals surface area contributed by atoms with E-state index in [1.807, 2.05) is 24.3 Å². The average molecular weight is 359 g/mol. The van der Waals surface area contributed by atoms with Crippen LogP contribution in [0.2, 0.25) is 5.02 Å². The van der Waals surface area contributed by atoms with Crippen molar-refractivity contribution in [2.24, 2.45) is 4.99 Å². The summed E-state index contributed by atoms with van der Waals surface area (Å²) >= 11 is 5.61. The van der Waals surface area contributed by atoms with E-state index in [0.29, 0.717) is 12.0 Å². The SMILES string of the molecule is C[C@@H](NC(=O)C(=O)Cc1ccc(Cl)c(F)c1)C1=Nc2ccccc2C1. The number of halogens is 2. The number of fused-ring (bicyclic) bond motifs is 1. The molecule has 6 heteroatoms. The van der Waals surface area contributed by atoms with Crippen LogP contribution in [0.1, 0.15) is 18.1 Å². The first-order chi connectivity index (χ1) is 11.9. The second-order valence-corrected chi connectivity index (χ2v) is 6.36. The Morgan fingerprint density at radius 2 is 2.04 bits per heavy atom. The molecular weight excluding hydrogens is 343 g/mol. The highest BCUT2D eigenvalue weighted by atomic mass is 35.5. The molecular formula is C19H16ClFN2O2. The van der Waals surface area contributed by atoms with E-state index in [4.69, 9.17) is 11.6 Å². The van der Waals surface area contributed by atoms with Crippen molar-refractivity contribution in [2.75, 3.05) is 0 Å². The number of rotatable bonds is 5. The molecule has 0 fully saturated rings. The molecule has 0 aromatic heterocycles. The maximum Gasteiger partial charge on any atom is 0.288 e. The summed E-state index contributed by atoms with van der Waals surface area (Å²) in [6, 6.07) is 11.4. The zero-order valence-corrected chi connectivity index (χ0v) is 14.3. The number of nitrogens with zero attached hydrogens (tertiary/aromatic N) is 1. The van der Waals surface area contributed by atoms with Gasteiger partial charge in [-0.15, -0.1) is 0 Å². The van der Waals surface area contributed by atoms with E-state index in [-0.39, 0.29) is 17.5 Å². The minimum Gasteiger partial charge on any atom is -0.342 e. The van der Waals surface area contributed by atoms with Gasteiger partial charge in [-0.1, -0.05) is 35.9 Å². The number of aliphatic imine (C=N–C) groups is 1. The molecule has 0 spiro atoms. The van der Waals surface area contributed by atoms with Gasteiger partial charge in [0, 0.05) is 18.6 Å². The van der Waals surface area contributed by atoms with Gasteiger partial charge in [0.05, 0.1) is 16.8 Å². The van der Waals surface area contributed by atoms with E-state index in [0.717, 1.165) is 23.0 Å². The van der Waals surface area contributed by atoms with Crippen molar-refractivity contribution in [1.29, 1.82) is 0 Å². The second kappa shape index (κ2) is 7.15. The molecule has 1 heterocycles. The summed E-state index contributed by atoms with van der Waals surface area (Å²) in [5.41, 5.74) is 3.20. The minimum atomic E-state index is -0.707. The van der Waals surface area contributed by atoms with Crippen LogP contribution in [0.3, 0.4) is 0 Å². The second-order valence-electron chi connectivity index (χ2n) is 5.95. The Labute approximate surface area is 149 Å². The summed E-state index contributed by atoms with van der Waals surface area (Å²) in [7, 11) is 0. The summed E-state index contributed by atoms with van der Waals surface area (Å²) in [6.07, 6.45) is 0.466. The molecule has 0 unspecified atom stereocenters. The van der Waals surface area contributed by atoms with E-state index in [2.05, 4.69) is 10.3 Å². The average Bonchev–Trinajstić information content (AvgIpc) is 3.02. The van der Waals surface area contributed by atoms with Crippen molar-refractivity contribution in [3.63, 3.8) is 0 Å². The van der Waals surface area contributed by atoms with Crippen LogP contribution in [-0.2, 0) is 22.4 Å². The summed E-state index contributed by atoms with van der Waals surface area (Å²) in [4.78, 5) is 28.7. The van der Waals surface area contributed by atoms with Gasteiger partial charge >= 0.3 is 0 Å². The monoisotopic (exact) mass is 358 g/mol. The lowest BCUT2D eigenvalue weighted by Crippen LogP contribution is -2.42. The van der Waals surface area contributed by atoms with Crippen LogP contribution in [-0.4, -0.2) is 23.4 Å². The fraction of sp³-hybridized carbons (Fsp3) is 0.211. The minimum absolute atomic E-state index is 0.0203. The molecule has 1 aliphatic heterocycles. The van der Waals surface area contributed by atoms with Crippen LogP contribution in [0.5, 0.6) is 0 Å². The molecule has 1 atom stereocenters. The Morgan fingerprint density at radius 1 is 1.28 bits per heavy atom. The van der Waals surface area contributed by atoms with Crippen LogP contribution in [0, 0.1) is 5.82 Å². The maximum absolute atomic E-state index is 13.4. The molecule has 1 N–H and O–H groups in total. The molecule has 0 saturated carbocycles. The first kappa shape index (κ1) is 17.3. The zero-order valence-electron chi connectivity index (χ0n) is 13.6. The lowest BCUT2D eigenvalue weighted by Gasteiger charge is -2.13. The van der Waals surface area contributed by atoms with Gasteiger partial charge < -0.3 is 5.32 Å². The standard InChI is InChI=1S/C19H16ClFN2O2/c1-11(17-10-13-4-2-3-5-16(13)23-17)22-19(25)18(24)9-12-6-7-14(20)15(21)8-12/h2-8,11H,9-10H2,1H3,(H,22,25)/t11-/m1/s1. The number of amides is 1. The van der Waals surface area contributed by atoms with Crippen LogP contribution < -0.4 is 5.32 Å². The van der Waals surface area contributed by atoms with E-state index in [9.17, 15) is 14.0 Å². The number of carbonyl (C=O) groups is 2. The predicted molar refractivity (Wildman–Crippen MR) is 95.0 cm³/mol. The molecule has 0 aliphatic carbocycles. The highest BCUT2D eigenvalue weighted by molar-refractivity contribution is 6.37. The van der Waals surface area contributed by atoms with Crippen LogP contribution in [0.25, 0.3) is 0 Å². The third-order valence-corrected chi connectivity index (χ3v) is 4.38. The molecule has 2 aromatic rings. The van der Waals surface area contributed by atoms with Crippen molar-refractivity contribution in [1.82, 2.24) is 5.32 Å². The van der Waals surface area contributed by atoms with Crippen LogP contribution in [0.15, 0.2) is 47.5 Å². The van der Waals surface area contributed by atoms with Gasteiger partial charge in [0.25, 0.3) is 5.91 Å². The summed E-state index contributed by atoms with van der Waals surface area (Å²) in [6.45, 7) is 1.79. The number of nitrogens with one attached hydrogen (secondary N) is 1. The number of carbonyl (C=O) groups excluding carboxylic acids is 2. The molecule has 0 saturated heterocycles. The largest absolute Gasteiger partial charge is 0.342 e. The normalized spacial score (nSPS) is 13.8. The van der Waals surface area contributed by atoms with Crippen LogP contribution in [0.4, 0.5) is 10.1 Å². The molecule has 4 nitrogen and oxygen atoms in total. The molecule has 1 aliphatic rings. The molecule has 128 valence electrons. The van der Waals surface area contributed by atoms with E-state index < -0.39 is 17.5 Å². The maximum atomic E-state index is 13.4. The Balaban J connectivity index is 1.60. The van der Waals surface area contributed by atoms with Crippen molar-refractivity contribution in [2.45, 2.75) is 25.8 Å². The van der Waals surface area contributed by atoms with Gasteiger partial charge in [-0.25, -0.2) is 4.39 Å². The van der Waals surface area contributed by atoms with Gasteiger partial charge in [-0.05, 0) is 36.2 Å². The number of ketones is 1. The first-order valence-electron chi connectivity index (χ1n) is 7.87. The molecule has 3 rings (SSSR count). The molecule has 0 bridgehead atoms. The quantitative estimate of drug-likeness (QED) is 0.832. The number of para-hydroxylation sites is 1. The molecule has 1 amide bonds. The lowest BCUT2D eigenvalue weighted by atomic mass is 10.1. The van der Waals surface area contributed by atoms with Crippen molar-refractivity contribution in [3.8, 4) is 0 Å². The highest BCUT2D eigenvalue weighted by Crippen LogP contribution is 2.26. The van der Waals surface area contributed by atoms with E-state index >= 15 is 0 Å². The van der Waals surface area contributed by atoms with E-state index in [1.54, 1.807) is 6.92 Å². The molecule has 2 aromatic carbocycles. The van der Waals surface area contributed by atoms with Gasteiger partial charge in [-0.3, -0.25) is 14.6 Å². The van der Waals surface area contributed by atoms with Gasteiger partial charge in [0.2, 0.25) is 5.78 Å². The first-order valence-corrected chi connectivity index (χ1v) is 8.25. The van der Waals surface area contributed by atoms with Crippen molar-refractivity contribution >= 4 is 34.7 Å². The van der Waals surface area contributed by atoms with Crippen molar-refractivity contribution in [3.05, 3.63) is 64.4 Å². The number of Topliss-reactive ketones (excluding diaryl/α,β-unsaturated/α-hetero) is 1. The molecule has 25 heavy (non-hydrogen) atoms. The number of hydrogen-bond donors (Lipinski definition) is 1. The summed E-state index contributed by atoms with van der Waals surface area (Å²) in [5, 5.41) is 2.64. The zero-order chi connectivity index (χ0) is 18.0. The Morgan fingerprint density at radius 3 is 2.76 bits per heavy atom. The topological polar surface area (TPSA) is 58.5 Å². The third kappa shape index (κ3) is 3.94. The lowest BCUT2D eigenvalue weighted by molar-refractivity contribution is -0.137. The van der Waals surface area contributed by atoms with Crippen LogP contribution >= 0.6 is 11.6 Å². The van der Waals surface area contributed by atoms with Gasteiger partial charge in [0.1, 0.15) is 5.82 Å². The summed E-state index contributed by atoms with van der Waals surface area (Å²) < 4.78 is 13.4. The Bertz CT molecular complexity index is 879. The third-order valence-electron chi connectivity index (χ3n) is 4.08. The fourth-order valence-corrected chi connectivity index (χ4v) is 2.80. The fourth-order valence-electron chi connectivity index (χ4n) is 2.68. The number of hydrogen-bond acceptors (Lipinski definition) is 3. The predicted octanol–water partition coefficient (Wildman–Crippen LogP) is 3.42. The summed E-state index contributed by atoms with van der Waals surface area (Å²) in [5.74, 6) is -1.95. The number of benzene rings is 2. The molecule has 0 radical (unpaired) electrons. The Kier molecular flexibility index (Phi) is 4.95. The highest BCUT2D eigenvalue weighted by Gasteiger charge is 2.23. The van der Waals surface area contributed by atoms with Gasteiger partial charge in [-0.2, -0.15) is 0 Å².